The molecule has 1 aliphatic rings. The van der Waals surface area contributed by atoms with Crippen LogP contribution in [0, 0.1) is 5.92 Å². The monoisotopic (exact) mass is 338 g/mol. The number of hydrogen-bond acceptors (Lipinski definition) is 3. The number of carbonyl (C=O) groups excluding carboxylic acids is 1. The van der Waals surface area contributed by atoms with E-state index in [0.29, 0.717) is 36.7 Å². The van der Waals surface area contributed by atoms with Gasteiger partial charge in [0.25, 0.3) is 0 Å². The van der Waals surface area contributed by atoms with Crippen LogP contribution in [0.3, 0.4) is 0 Å². The third-order valence-corrected chi connectivity index (χ3v) is 4.68. The van der Waals surface area contributed by atoms with E-state index in [-0.39, 0.29) is 5.91 Å². The van der Waals surface area contributed by atoms with Crippen molar-refractivity contribution in [2.24, 2.45) is 5.92 Å². The molecule has 1 amide bonds. The quantitative estimate of drug-likeness (QED) is 0.829. The van der Waals surface area contributed by atoms with Gasteiger partial charge in [0, 0.05) is 17.6 Å². The SMILES string of the molecule is C[C@@H]1CCCC[C@@H]1NC(=O)CN(C)CCOc1ccc(Cl)cc1. The van der Waals surface area contributed by atoms with Gasteiger partial charge in [0.2, 0.25) is 5.91 Å². The molecule has 0 aliphatic heterocycles. The van der Waals surface area contributed by atoms with E-state index in [4.69, 9.17) is 16.3 Å². The summed E-state index contributed by atoms with van der Waals surface area (Å²) in [4.78, 5) is 14.1. The summed E-state index contributed by atoms with van der Waals surface area (Å²) in [7, 11) is 1.94. The van der Waals surface area contributed by atoms with Gasteiger partial charge in [-0.1, -0.05) is 31.4 Å². The van der Waals surface area contributed by atoms with Crippen molar-refractivity contribution in [1.29, 1.82) is 0 Å². The molecular formula is C18H27ClN2O2. The fraction of sp³-hybridized carbons (Fsp3) is 0.611. The Hall–Kier alpha value is -1.26. The zero-order valence-corrected chi connectivity index (χ0v) is 14.8. The van der Waals surface area contributed by atoms with E-state index in [0.717, 1.165) is 12.2 Å². The number of amides is 1. The highest BCUT2D eigenvalue weighted by Gasteiger charge is 2.22. The molecule has 1 fully saturated rings. The van der Waals surface area contributed by atoms with Gasteiger partial charge in [-0.15, -0.1) is 0 Å². The minimum absolute atomic E-state index is 0.109. The lowest BCUT2D eigenvalue weighted by Gasteiger charge is -2.30. The first-order valence-electron chi connectivity index (χ1n) is 8.41. The number of ether oxygens (including phenoxy) is 1. The third kappa shape index (κ3) is 6.40. The molecule has 0 unspecified atom stereocenters. The number of nitrogens with zero attached hydrogens (tertiary/aromatic N) is 1. The van der Waals surface area contributed by atoms with E-state index in [2.05, 4.69) is 12.2 Å². The molecule has 1 saturated carbocycles. The van der Waals surface area contributed by atoms with Crippen molar-refractivity contribution in [3.05, 3.63) is 29.3 Å². The van der Waals surface area contributed by atoms with Gasteiger partial charge in [-0.05, 0) is 50.1 Å². The van der Waals surface area contributed by atoms with E-state index in [1.165, 1.54) is 19.3 Å². The Balaban J connectivity index is 1.64. The Labute approximate surface area is 144 Å². The van der Waals surface area contributed by atoms with Crippen molar-refractivity contribution in [3.8, 4) is 5.75 Å². The Morgan fingerprint density at radius 3 is 2.70 bits per heavy atom. The molecule has 2 rings (SSSR count). The van der Waals surface area contributed by atoms with Crippen molar-refractivity contribution < 1.29 is 9.53 Å². The zero-order chi connectivity index (χ0) is 16.7. The van der Waals surface area contributed by atoms with E-state index >= 15 is 0 Å². The maximum atomic E-state index is 12.1. The summed E-state index contributed by atoms with van der Waals surface area (Å²) in [5.74, 6) is 1.49. The summed E-state index contributed by atoms with van der Waals surface area (Å²) in [6.07, 6.45) is 4.83. The Morgan fingerprint density at radius 1 is 1.30 bits per heavy atom. The highest BCUT2D eigenvalue weighted by atomic mass is 35.5. The molecule has 0 aromatic heterocycles. The van der Waals surface area contributed by atoms with Gasteiger partial charge in [-0.25, -0.2) is 0 Å². The van der Waals surface area contributed by atoms with Gasteiger partial charge in [-0.2, -0.15) is 0 Å². The molecule has 0 saturated heterocycles. The molecule has 4 nitrogen and oxygen atoms in total. The number of halogens is 1. The minimum Gasteiger partial charge on any atom is -0.492 e. The lowest BCUT2D eigenvalue weighted by molar-refractivity contribution is -0.123. The second kappa shape index (κ2) is 9.14. The largest absolute Gasteiger partial charge is 0.492 e. The first kappa shape index (κ1) is 18.1. The predicted octanol–water partition coefficient (Wildman–Crippen LogP) is 3.35. The summed E-state index contributed by atoms with van der Waals surface area (Å²) in [5, 5.41) is 3.88. The van der Waals surface area contributed by atoms with Gasteiger partial charge < -0.3 is 10.1 Å². The summed E-state index contributed by atoms with van der Waals surface area (Å²) >= 11 is 5.84. The third-order valence-electron chi connectivity index (χ3n) is 4.43. The molecule has 0 radical (unpaired) electrons. The van der Waals surface area contributed by atoms with Gasteiger partial charge >= 0.3 is 0 Å². The zero-order valence-electron chi connectivity index (χ0n) is 14.1. The molecule has 1 N–H and O–H groups in total. The highest BCUT2D eigenvalue weighted by Crippen LogP contribution is 2.23. The maximum Gasteiger partial charge on any atom is 0.234 e. The summed E-state index contributed by atoms with van der Waals surface area (Å²) in [6.45, 7) is 3.89. The molecule has 1 aromatic carbocycles. The second-order valence-corrected chi connectivity index (χ2v) is 6.91. The first-order valence-corrected chi connectivity index (χ1v) is 8.78. The molecule has 23 heavy (non-hydrogen) atoms. The molecule has 0 spiro atoms. The van der Waals surface area contributed by atoms with Crippen LogP contribution in [0.5, 0.6) is 5.75 Å². The molecule has 0 bridgehead atoms. The standard InChI is InChI=1S/C18H27ClN2O2/c1-14-5-3-4-6-17(14)20-18(22)13-21(2)11-12-23-16-9-7-15(19)8-10-16/h7-10,14,17H,3-6,11-13H2,1-2H3,(H,20,22)/t14-,17+/m1/s1. The lowest BCUT2D eigenvalue weighted by Crippen LogP contribution is -2.45. The highest BCUT2D eigenvalue weighted by molar-refractivity contribution is 6.30. The Morgan fingerprint density at radius 2 is 2.00 bits per heavy atom. The number of benzene rings is 1. The van der Waals surface area contributed by atoms with Crippen LogP contribution in [-0.2, 0) is 4.79 Å². The van der Waals surface area contributed by atoms with Gasteiger partial charge in [-0.3, -0.25) is 9.69 Å². The first-order chi connectivity index (χ1) is 11.0. The molecule has 5 heteroatoms. The van der Waals surface area contributed by atoms with E-state index in [9.17, 15) is 4.79 Å². The number of nitrogens with one attached hydrogen (secondary N) is 1. The molecule has 1 aliphatic carbocycles. The van der Waals surface area contributed by atoms with Crippen molar-refractivity contribution in [1.82, 2.24) is 10.2 Å². The van der Waals surface area contributed by atoms with E-state index < -0.39 is 0 Å². The summed E-state index contributed by atoms with van der Waals surface area (Å²) < 4.78 is 5.65. The lowest BCUT2D eigenvalue weighted by atomic mass is 9.86. The van der Waals surface area contributed by atoms with Crippen LogP contribution in [0.15, 0.2) is 24.3 Å². The summed E-state index contributed by atoms with van der Waals surface area (Å²) in [5.41, 5.74) is 0. The minimum atomic E-state index is 0.109. The van der Waals surface area contributed by atoms with Crippen molar-refractivity contribution in [2.45, 2.75) is 38.6 Å². The van der Waals surface area contributed by atoms with Gasteiger partial charge in [0.15, 0.2) is 0 Å². The fourth-order valence-electron chi connectivity index (χ4n) is 2.96. The van der Waals surface area contributed by atoms with Crippen LogP contribution in [0.2, 0.25) is 5.02 Å². The normalized spacial score (nSPS) is 21.2. The average molecular weight is 339 g/mol. The molecular weight excluding hydrogens is 312 g/mol. The van der Waals surface area contributed by atoms with Crippen molar-refractivity contribution >= 4 is 17.5 Å². The fourth-order valence-corrected chi connectivity index (χ4v) is 3.08. The van der Waals surface area contributed by atoms with Crippen LogP contribution in [0.1, 0.15) is 32.6 Å². The second-order valence-electron chi connectivity index (χ2n) is 6.48. The van der Waals surface area contributed by atoms with Crippen LogP contribution in [0.4, 0.5) is 0 Å². The van der Waals surface area contributed by atoms with Crippen molar-refractivity contribution in [3.63, 3.8) is 0 Å². The van der Waals surface area contributed by atoms with Gasteiger partial charge in [0.05, 0.1) is 6.54 Å². The topological polar surface area (TPSA) is 41.6 Å². The van der Waals surface area contributed by atoms with Crippen LogP contribution < -0.4 is 10.1 Å². The predicted molar refractivity (Wildman–Crippen MR) is 94.0 cm³/mol. The molecule has 0 heterocycles. The smallest absolute Gasteiger partial charge is 0.234 e. The average Bonchev–Trinajstić information content (AvgIpc) is 2.51. The number of rotatable bonds is 7. The van der Waals surface area contributed by atoms with E-state index in [1.54, 1.807) is 12.1 Å². The number of hydrogen-bond donors (Lipinski definition) is 1. The van der Waals surface area contributed by atoms with Crippen LogP contribution >= 0.6 is 11.6 Å². The van der Waals surface area contributed by atoms with Crippen LogP contribution in [-0.4, -0.2) is 43.6 Å². The molecule has 128 valence electrons. The van der Waals surface area contributed by atoms with Crippen LogP contribution in [0.25, 0.3) is 0 Å². The number of carbonyl (C=O) groups is 1. The summed E-state index contributed by atoms with van der Waals surface area (Å²) in [6, 6.07) is 7.65. The maximum absolute atomic E-state index is 12.1. The van der Waals surface area contributed by atoms with Gasteiger partial charge in [0.1, 0.15) is 12.4 Å². The van der Waals surface area contributed by atoms with Crippen molar-refractivity contribution in [2.75, 3.05) is 26.7 Å². The molecule has 2 atom stereocenters. The number of likely N-dealkylation sites (N-methyl/N-ethyl adjacent to an activating group) is 1. The Bertz CT molecular complexity index is 492. The molecule has 1 aromatic rings. The Kier molecular flexibility index (Phi) is 7.18. The van der Waals surface area contributed by atoms with E-state index in [1.807, 2.05) is 24.1 Å².